The van der Waals surface area contributed by atoms with Gasteiger partial charge in [0.15, 0.2) is 5.78 Å². The Kier molecular flexibility index (Phi) is 3.89. The fraction of sp³-hybridized carbons (Fsp3) is 0.400. The molecule has 0 amide bonds. The molecule has 0 saturated heterocycles. The molecule has 0 bridgehead atoms. The van der Waals surface area contributed by atoms with Gasteiger partial charge in [-0.3, -0.25) is 4.79 Å². The van der Waals surface area contributed by atoms with Gasteiger partial charge in [-0.15, -0.1) is 11.3 Å². The first kappa shape index (κ1) is 12.5. The molecule has 0 radical (unpaired) electrons. The molecule has 0 unspecified atom stereocenters. The van der Waals surface area contributed by atoms with E-state index in [4.69, 9.17) is 5.73 Å². The van der Waals surface area contributed by atoms with Crippen LogP contribution < -0.4 is 11.1 Å². The molecule has 6 heteroatoms. The van der Waals surface area contributed by atoms with Crippen molar-refractivity contribution in [2.45, 2.75) is 13.8 Å². The molecule has 1 rings (SSSR count). The Hall–Kier alpha value is -1.56. The Labute approximate surface area is 97.6 Å². The van der Waals surface area contributed by atoms with Gasteiger partial charge >= 0.3 is 5.97 Å². The highest BCUT2D eigenvalue weighted by Gasteiger charge is 2.24. The number of ether oxygens (including phenoxy) is 1. The van der Waals surface area contributed by atoms with E-state index in [-0.39, 0.29) is 17.0 Å². The van der Waals surface area contributed by atoms with E-state index in [9.17, 15) is 9.59 Å². The molecule has 0 fully saturated rings. The van der Waals surface area contributed by atoms with Gasteiger partial charge in [-0.2, -0.15) is 0 Å². The third-order valence-electron chi connectivity index (χ3n) is 1.99. The van der Waals surface area contributed by atoms with Crippen molar-refractivity contribution in [2.75, 3.05) is 24.7 Å². The second-order valence-corrected chi connectivity index (χ2v) is 4.15. The van der Waals surface area contributed by atoms with Crippen LogP contribution in [-0.4, -0.2) is 25.4 Å². The van der Waals surface area contributed by atoms with E-state index in [1.165, 1.54) is 25.4 Å². The van der Waals surface area contributed by atoms with Crippen LogP contribution in [-0.2, 0) is 4.74 Å². The van der Waals surface area contributed by atoms with Gasteiger partial charge < -0.3 is 15.8 Å². The molecule has 0 aliphatic carbocycles. The fourth-order valence-corrected chi connectivity index (χ4v) is 2.37. The summed E-state index contributed by atoms with van der Waals surface area (Å²) in [6.07, 6.45) is 0. The van der Waals surface area contributed by atoms with Crippen LogP contribution in [0.3, 0.4) is 0 Å². The third-order valence-corrected chi connectivity index (χ3v) is 3.26. The van der Waals surface area contributed by atoms with Crippen molar-refractivity contribution in [3.05, 3.63) is 10.4 Å². The van der Waals surface area contributed by atoms with Crippen molar-refractivity contribution >= 4 is 33.8 Å². The number of methoxy groups -OCH3 is 1. The van der Waals surface area contributed by atoms with Crippen LogP contribution in [0.15, 0.2) is 0 Å². The number of nitrogens with one attached hydrogen (secondary N) is 1. The Morgan fingerprint density at radius 1 is 1.50 bits per heavy atom. The number of carbonyl (C=O) groups excluding carboxylic acids is 2. The summed E-state index contributed by atoms with van der Waals surface area (Å²) in [7, 11) is 1.28. The van der Waals surface area contributed by atoms with E-state index in [1.807, 2.05) is 6.92 Å². The first-order valence-corrected chi connectivity index (χ1v) is 5.59. The molecular formula is C10H14N2O3S. The predicted octanol–water partition coefficient (Wildman–Crippen LogP) is 1.75. The summed E-state index contributed by atoms with van der Waals surface area (Å²) in [5.41, 5.74) is 6.20. The monoisotopic (exact) mass is 242 g/mol. The van der Waals surface area contributed by atoms with Crippen molar-refractivity contribution in [2.24, 2.45) is 0 Å². The van der Waals surface area contributed by atoms with E-state index < -0.39 is 5.97 Å². The first-order chi connectivity index (χ1) is 7.52. The average molecular weight is 242 g/mol. The quantitative estimate of drug-likeness (QED) is 0.621. The minimum atomic E-state index is -0.530. The molecule has 3 N–H and O–H groups in total. The van der Waals surface area contributed by atoms with Crippen LogP contribution in [0.4, 0.5) is 10.7 Å². The largest absolute Gasteiger partial charge is 0.465 e. The van der Waals surface area contributed by atoms with Crippen molar-refractivity contribution in [3.63, 3.8) is 0 Å². The van der Waals surface area contributed by atoms with Crippen molar-refractivity contribution in [3.8, 4) is 0 Å². The van der Waals surface area contributed by atoms with Crippen LogP contribution in [0.2, 0.25) is 0 Å². The van der Waals surface area contributed by atoms with Gasteiger partial charge in [-0.1, -0.05) is 0 Å². The summed E-state index contributed by atoms with van der Waals surface area (Å²) in [4.78, 5) is 23.2. The van der Waals surface area contributed by atoms with Crippen molar-refractivity contribution < 1.29 is 14.3 Å². The van der Waals surface area contributed by atoms with E-state index in [0.717, 1.165) is 0 Å². The summed E-state index contributed by atoms with van der Waals surface area (Å²) in [6.45, 7) is 3.95. The Bertz CT molecular complexity index is 426. The minimum absolute atomic E-state index is 0.156. The zero-order chi connectivity index (χ0) is 12.3. The maximum absolute atomic E-state index is 11.5. The van der Waals surface area contributed by atoms with Crippen LogP contribution in [0.5, 0.6) is 0 Å². The number of thiophene rings is 1. The molecule has 88 valence electrons. The van der Waals surface area contributed by atoms with E-state index in [0.29, 0.717) is 16.4 Å². The normalized spacial score (nSPS) is 9.94. The summed E-state index contributed by atoms with van der Waals surface area (Å²) < 4.78 is 4.63. The maximum Gasteiger partial charge on any atom is 0.343 e. The SMILES string of the molecule is CCNc1sc(C(C)=O)c(N)c1C(=O)OC. The number of nitrogens with two attached hydrogens (primary N) is 1. The van der Waals surface area contributed by atoms with Gasteiger partial charge in [0, 0.05) is 13.5 Å². The number of carbonyl (C=O) groups is 2. The number of ketones is 1. The molecule has 0 saturated carbocycles. The zero-order valence-corrected chi connectivity index (χ0v) is 10.2. The number of esters is 1. The van der Waals surface area contributed by atoms with Gasteiger partial charge in [0.25, 0.3) is 0 Å². The number of anilines is 2. The Morgan fingerprint density at radius 2 is 2.12 bits per heavy atom. The molecule has 5 nitrogen and oxygen atoms in total. The highest BCUT2D eigenvalue weighted by Crippen LogP contribution is 2.36. The lowest BCUT2D eigenvalue weighted by Crippen LogP contribution is -2.08. The van der Waals surface area contributed by atoms with Crippen LogP contribution in [0.1, 0.15) is 33.9 Å². The number of hydrogen-bond acceptors (Lipinski definition) is 6. The summed E-state index contributed by atoms with van der Waals surface area (Å²) in [6, 6.07) is 0. The van der Waals surface area contributed by atoms with Gasteiger partial charge in [-0.25, -0.2) is 4.79 Å². The van der Waals surface area contributed by atoms with Crippen LogP contribution in [0.25, 0.3) is 0 Å². The lowest BCUT2D eigenvalue weighted by Gasteiger charge is -2.03. The highest BCUT2D eigenvalue weighted by molar-refractivity contribution is 7.19. The molecule has 16 heavy (non-hydrogen) atoms. The second-order valence-electron chi connectivity index (χ2n) is 3.13. The van der Waals surface area contributed by atoms with Gasteiger partial charge in [0.2, 0.25) is 0 Å². The molecule has 0 atom stereocenters. The van der Waals surface area contributed by atoms with Crippen molar-refractivity contribution in [1.29, 1.82) is 0 Å². The van der Waals surface area contributed by atoms with Crippen molar-refractivity contribution in [1.82, 2.24) is 0 Å². The lowest BCUT2D eigenvalue weighted by atomic mass is 10.2. The van der Waals surface area contributed by atoms with Gasteiger partial charge in [-0.05, 0) is 6.92 Å². The molecule has 0 aliphatic rings. The molecule has 0 aliphatic heterocycles. The van der Waals surface area contributed by atoms with Gasteiger partial charge in [0.05, 0.1) is 17.7 Å². The maximum atomic E-state index is 11.5. The molecule has 1 heterocycles. The smallest absolute Gasteiger partial charge is 0.343 e. The number of rotatable bonds is 4. The molecular weight excluding hydrogens is 228 g/mol. The zero-order valence-electron chi connectivity index (χ0n) is 9.42. The summed E-state index contributed by atoms with van der Waals surface area (Å²) in [5.74, 6) is -0.686. The lowest BCUT2D eigenvalue weighted by molar-refractivity contribution is 0.0603. The fourth-order valence-electron chi connectivity index (χ4n) is 1.30. The Balaban J connectivity index is 3.31. The molecule has 0 aromatic carbocycles. The van der Waals surface area contributed by atoms with E-state index in [2.05, 4.69) is 10.1 Å². The molecule has 1 aromatic heterocycles. The average Bonchev–Trinajstić information content (AvgIpc) is 2.55. The third kappa shape index (κ3) is 2.16. The topological polar surface area (TPSA) is 81.4 Å². The molecule has 1 aromatic rings. The number of hydrogen-bond donors (Lipinski definition) is 2. The van der Waals surface area contributed by atoms with Gasteiger partial charge in [0.1, 0.15) is 10.6 Å². The number of Topliss-reactive ketones (excluding diaryl/α,β-unsaturated/α-hetero) is 1. The van der Waals surface area contributed by atoms with E-state index >= 15 is 0 Å². The predicted molar refractivity (Wildman–Crippen MR) is 64.2 cm³/mol. The number of nitrogen functional groups attached to an aromatic ring is 1. The minimum Gasteiger partial charge on any atom is -0.465 e. The highest BCUT2D eigenvalue weighted by atomic mass is 32.1. The Morgan fingerprint density at radius 3 is 2.56 bits per heavy atom. The molecule has 0 spiro atoms. The summed E-state index contributed by atoms with van der Waals surface area (Å²) >= 11 is 1.18. The van der Waals surface area contributed by atoms with Crippen LogP contribution in [0, 0.1) is 0 Å². The summed E-state index contributed by atoms with van der Waals surface area (Å²) in [5, 5.41) is 3.57. The second kappa shape index (κ2) is 4.98. The van der Waals surface area contributed by atoms with Crippen LogP contribution >= 0.6 is 11.3 Å². The standard InChI is InChI=1S/C10H14N2O3S/c1-4-12-9-6(10(14)15-3)7(11)8(16-9)5(2)13/h12H,4,11H2,1-3H3. The van der Waals surface area contributed by atoms with E-state index in [1.54, 1.807) is 0 Å². The first-order valence-electron chi connectivity index (χ1n) is 4.78.